The van der Waals surface area contributed by atoms with E-state index in [0.29, 0.717) is 38.6 Å². The molecule has 0 radical (unpaired) electrons. The maximum Gasteiger partial charge on any atom is 0.243 e. The maximum absolute atomic E-state index is 12.8. The van der Waals surface area contributed by atoms with Crippen LogP contribution in [0.1, 0.15) is 38.5 Å². The first kappa shape index (κ1) is 22.9. The number of benzene rings is 1. The first-order valence-corrected chi connectivity index (χ1v) is 13.6. The largest absolute Gasteiger partial charge is 0.489 e. The molecule has 1 aromatic carbocycles. The third-order valence-electron chi connectivity index (χ3n) is 7.69. The van der Waals surface area contributed by atoms with E-state index in [0.717, 1.165) is 17.8 Å². The van der Waals surface area contributed by atoms with Gasteiger partial charge in [0.2, 0.25) is 10.0 Å². The van der Waals surface area contributed by atoms with Gasteiger partial charge in [-0.3, -0.25) is 0 Å². The van der Waals surface area contributed by atoms with Gasteiger partial charge in [-0.2, -0.15) is 4.31 Å². The second-order valence-electron chi connectivity index (χ2n) is 10.2. The highest BCUT2D eigenvalue weighted by Crippen LogP contribution is 2.55. The Morgan fingerprint density at radius 2 is 1.78 bits per heavy atom. The van der Waals surface area contributed by atoms with Crippen molar-refractivity contribution in [1.82, 2.24) is 9.62 Å². The number of rotatable bonds is 8. The van der Waals surface area contributed by atoms with Gasteiger partial charge in [-0.1, -0.05) is 11.6 Å². The fraction of sp³-hybridized carbons (Fsp3) is 0.739. The fourth-order valence-electron chi connectivity index (χ4n) is 6.60. The van der Waals surface area contributed by atoms with Gasteiger partial charge in [-0.15, -0.1) is 0 Å². The number of nitrogens with zero attached hydrogens (tertiary/aromatic N) is 1. The Morgan fingerprint density at radius 1 is 1.16 bits per heavy atom. The number of β-amino-alcohol motifs (C(OH)–C–C–N with tert-alkyl or cyclic N) is 1. The fourth-order valence-corrected chi connectivity index (χ4v) is 8.34. The Bertz CT molecular complexity index is 899. The lowest BCUT2D eigenvalue weighted by molar-refractivity contribution is -0.0266. The average Bonchev–Trinajstić information content (AvgIpc) is 2.76. The highest BCUT2D eigenvalue weighted by molar-refractivity contribution is 7.89. The lowest BCUT2D eigenvalue weighted by Crippen LogP contribution is -2.59. The van der Waals surface area contributed by atoms with Crippen molar-refractivity contribution < 1.29 is 23.0 Å². The number of hydrogen-bond donors (Lipinski definition) is 2. The predicted octanol–water partition coefficient (Wildman–Crippen LogP) is 2.66. The summed E-state index contributed by atoms with van der Waals surface area (Å²) < 4.78 is 37.9. The lowest BCUT2D eigenvalue weighted by Gasteiger charge is -2.57. The van der Waals surface area contributed by atoms with Crippen molar-refractivity contribution in [3.05, 3.63) is 23.2 Å². The molecule has 4 saturated carbocycles. The Kier molecular flexibility index (Phi) is 6.46. The molecule has 1 aliphatic heterocycles. The van der Waals surface area contributed by atoms with Gasteiger partial charge in [-0.25, -0.2) is 8.42 Å². The van der Waals surface area contributed by atoms with Gasteiger partial charge in [-0.05, 0) is 74.5 Å². The molecular weight excluding hydrogens is 452 g/mol. The number of sulfonamides is 1. The van der Waals surface area contributed by atoms with Crippen LogP contribution in [-0.2, 0) is 14.8 Å². The molecule has 2 N–H and O–H groups in total. The van der Waals surface area contributed by atoms with Crippen molar-refractivity contribution in [3.63, 3.8) is 0 Å². The van der Waals surface area contributed by atoms with Crippen LogP contribution in [0.4, 0.5) is 0 Å². The standard InChI is InChI=1S/C23H33ClN2O5S/c24-21-10-20(32(28,29)26-3-5-30-6-4-26)1-2-22(21)31-15-19(27)14-25-23-11-16-7-17(12-23)9-18(8-16)13-23/h1-2,10,16-19,25,27H,3-9,11-15H2/t16?,17?,18?,19-,23?/m0/s1. The number of morpholine rings is 1. The maximum atomic E-state index is 12.8. The number of aliphatic hydroxyl groups excluding tert-OH is 1. The second kappa shape index (κ2) is 9.04. The van der Waals surface area contributed by atoms with Crippen LogP contribution in [0.25, 0.3) is 0 Å². The lowest BCUT2D eigenvalue weighted by atomic mass is 9.53. The molecule has 5 fully saturated rings. The van der Waals surface area contributed by atoms with Crippen molar-refractivity contribution in [2.45, 2.75) is 55.1 Å². The molecule has 1 saturated heterocycles. The number of aliphatic hydroxyl groups is 1. The molecule has 4 aliphatic carbocycles. The molecule has 5 aliphatic rings. The van der Waals surface area contributed by atoms with Gasteiger partial charge in [0.15, 0.2) is 0 Å². The topological polar surface area (TPSA) is 88.1 Å². The molecule has 0 unspecified atom stereocenters. The van der Waals surface area contributed by atoms with Crippen LogP contribution < -0.4 is 10.1 Å². The Labute approximate surface area is 195 Å². The van der Waals surface area contributed by atoms with Crippen LogP contribution in [0.15, 0.2) is 23.1 Å². The summed E-state index contributed by atoms with van der Waals surface area (Å²) in [5, 5.41) is 14.4. The van der Waals surface area contributed by atoms with E-state index >= 15 is 0 Å². The van der Waals surface area contributed by atoms with Crippen LogP contribution in [0.2, 0.25) is 5.02 Å². The van der Waals surface area contributed by atoms with Crippen LogP contribution in [0.3, 0.4) is 0 Å². The molecular formula is C23H33ClN2O5S. The molecule has 9 heteroatoms. The van der Waals surface area contributed by atoms with E-state index in [1.54, 1.807) is 6.07 Å². The number of halogens is 1. The minimum Gasteiger partial charge on any atom is -0.489 e. The summed E-state index contributed by atoms with van der Waals surface area (Å²) in [6.45, 7) is 2.05. The highest BCUT2D eigenvalue weighted by atomic mass is 35.5. The number of nitrogens with one attached hydrogen (secondary N) is 1. The molecule has 32 heavy (non-hydrogen) atoms. The highest BCUT2D eigenvalue weighted by Gasteiger charge is 2.50. The molecule has 0 aromatic heterocycles. The van der Waals surface area contributed by atoms with Crippen LogP contribution in [0, 0.1) is 17.8 Å². The van der Waals surface area contributed by atoms with E-state index in [1.807, 2.05) is 0 Å². The first-order valence-electron chi connectivity index (χ1n) is 11.8. The van der Waals surface area contributed by atoms with Crippen molar-refractivity contribution in [1.29, 1.82) is 0 Å². The Balaban J connectivity index is 1.15. The molecule has 4 bridgehead atoms. The van der Waals surface area contributed by atoms with E-state index < -0.39 is 16.1 Å². The summed E-state index contributed by atoms with van der Waals surface area (Å²) in [5.74, 6) is 2.94. The monoisotopic (exact) mass is 484 g/mol. The second-order valence-corrected chi connectivity index (χ2v) is 12.5. The van der Waals surface area contributed by atoms with E-state index in [1.165, 1.54) is 55.0 Å². The van der Waals surface area contributed by atoms with Crippen molar-refractivity contribution >= 4 is 21.6 Å². The molecule has 0 spiro atoms. The van der Waals surface area contributed by atoms with Crippen molar-refractivity contribution in [3.8, 4) is 5.75 Å². The van der Waals surface area contributed by atoms with Gasteiger partial charge >= 0.3 is 0 Å². The minimum absolute atomic E-state index is 0.106. The van der Waals surface area contributed by atoms with Crippen molar-refractivity contribution in [2.75, 3.05) is 39.5 Å². The zero-order valence-electron chi connectivity index (χ0n) is 18.3. The average molecular weight is 485 g/mol. The first-order chi connectivity index (χ1) is 15.3. The normalized spacial score (nSPS) is 33.4. The molecule has 1 atom stereocenters. The summed E-state index contributed by atoms with van der Waals surface area (Å²) in [6, 6.07) is 4.49. The van der Waals surface area contributed by atoms with Crippen LogP contribution >= 0.6 is 11.6 Å². The van der Waals surface area contributed by atoms with Gasteiger partial charge in [0.25, 0.3) is 0 Å². The Hall–Kier alpha value is -0.900. The number of ether oxygens (including phenoxy) is 2. The minimum atomic E-state index is -3.61. The van der Waals surface area contributed by atoms with E-state index in [2.05, 4.69) is 5.32 Å². The van der Waals surface area contributed by atoms with Crippen LogP contribution in [0.5, 0.6) is 5.75 Å². The third-order valence-corrected chi connectivity index (χ3v) is 9.88. The molecule has 7 nitrogen and oxygen atoms in total. The quantitative estimate of drug-likeness (QED) is 0.589. The molecule has 178 valence electrons. The molecule has 1 heterocycles. The predicted molar refractivity (Wildman–Crippen MR) is 121 cm³/mol. The zero-order valence-corrected chi connectivity index (χ0v) is 19.9. The molecule has 1 aromatic rings. The summed E-state index contributed by atoms with van der Waals surface area (Å²) in [7, 11) is -3.61. The smallest absolute Gasteiger partial charge is 0.243 e. The molecule has 6 rings (SSSR count). The van der Waals surface area contributed by atoms with Gasteiger partial charge in [0.05, 0.1) is 23.1 Å². The summed E-state index contributed by atoms with van der Waals surface area (Å²) in [5.41, 5.74) is 0.197. The van der Waals surface area contributed by atoms with Gasteiger partial charge < -0.3 is 19.9 Å². The van der Waals surface area contributed by atoms with Gasteiger partial charge in [0, 0.05) is 25.2 Å². The molecule has 0 amide bonds. The van der Waals surface area contributed by atoms with E-state index in [4.69, 9.17) is 21.1 Å². The third kappa shape index (κ3) is 4.68. The van der Waals surface area contributed by atoms with E-state index in [-0.39, 0.29) is 22.1 Å². The zero-order chi connectivity index (χ0) is 22.3. The van der Waals surface area contributed by atoms with Gasteiger partial charge in [0.1, 0.15) is 18.5 Å². The van der Waals surface area contributed by atoms with Crippen molar-refractivity contribution in [2.24, 2.45) is 17.8 Å². The Morgan fingerprint density at radius 3 is 2.38 bits per heavy atom. The van der Waals surface area contributed by atoms with E-state index in [9.17, 15) is 13.5 Å². The summed E-state index contributed by atoms with van der Waals surface area (Å²) >= 11 is 6.32. The summed E-state index contributed by atoms with van der Waals surface area (Å²) in [6.07, 6.45) is 7.22. The number of hydrogen-bond acceptors (Lipinski definition) is 6. The van der Waals surface area contributed by atoms with Crippen LogP contribution in [-0.4, -0.2) is 68.9 Å². The SMILES string of the molecule is O=S(=O)(c1ccc(OC[C@@H](O)CNC23CC4CC(CC(C4)C2)C3)c(Cl)c1)N1CCOCC1. The summed E-state index contributed by atoms with van der Waals surface area (Å²) in [4.78, 5) is 0.140.